The van der Waals surface area contributed by atoms with Crippen LogP contribution in [-0.2, 0) is 23.1 Å². The number of halogens is 3. The van der Waals surface area contributed by atoms with Gasteiger partial charge in [0.15, 0.2) is 0 Å². The summed E-state index contributed by atoms with van der Waals surface area (Å²) in [7, 11) is -2.72. The van der Waals surface area contributed by atoms with E-state index in [-0.39, 0.29) is 4.90 Å². The lowest BCUT2D eigenvalue weighted by Crippen LogP contribution is -2.30. The fourth-order valence-electron chi connectivity index (χ4n) is 2.02. The van der Waals surface area contributed by atoms with Gasteiger partial charge in [0.1, 0.15) is 0 Å². The van der Waals surface area contributed by atoms with Crippen LogP contribution in [-0.4, -0.2) is 32.5 Å². The van der Waals surface area contributed by atoms with Gasteiger partial charge in [-0.1, -0.05) is 6.07 Å². The van der Waals surface area contributed by atoms with E-state index in [1.807, 2.05) is 0 Å². The van der Waals surface area contributed by atoms with Crippen LogP contribution in [0, 0.1) is 0 Å². The van der Waals surface area contributed by atoms with Crippen LogP contribution in [0.5, 0.6) is 0 Å². The molecule has 1 aliphatic heterocycles. The monoisotopic (exact) mass is 308 g/mol. The zero-order chi connectivity index (χ0) is 15.0. The second-order valence-corrected chi connectivity index (χ2v) is 6.77. The van der Waals surface area contributed by atoms with Crippen molar-refractivity contribution in [3.8, 4) is 0 Å². The number of fused-ring (bicyclic) bond motifs is 1. The van der Waals surface area contributed by atoms with E-state index in [1.54, 1.807) is 6.07 Å². The number of rotatable bonds is 4. The Hall–Kier alpha value is -1.12. The summed E-state index contributed by atoms with van der Waals surface area (Å²) in [5, 5.41) is 3.08. The van der Waals surface area contributed by atoms with E-state index in [2.05, 4.69) is 5.32 Å². The van der Waals surface area contributed by atoms with Crippen molar-refractivity contribution in [2.75, 3.05) is 13.6 Å². The summed E-state index contributed by atoms with van der Waals surface area (Å²) in [6, 6.07) is 4.65. The zero-order valence-electron chi connectivity index (χ0n) is 10.9. The molecule has 8 heteroatoms. The first kappa shape index (κ1) is 15.3. The standard InChI is InChI=1S/C12H15F3N2O2S/c1-17(5-4-12(13,14)15)20(18,19)11-3-2-9-7-16-8-10(9)6-11/h2-3,6,16H,4-5,7-8H2,1H3. The third-order valence-corrected chi connectivity index (χ3v) is 5.08. The smallest absolute Gasteiger partial charge is 0.309 e. The number of benzene rings is 1. The molecule has 0 bridgehead atoms. The third kappa shape index (κ3) is 3.31. The molecule has 0 radical (unpaired) electrons. The number of hydrogen-bond donors (Lipinski definition) is 1. The summed E-state index contributed by atoms with van der Waals surface area (Å²) in [5.74, 6) is 0. The molecule has 1 N–H and O–H groups in total. The molecule has 1 aromatic rings. The van der Waals surface area contributed by atoms with Crippen LogP contribution in [0.4, 0.5) is 13.2 Å². The first-order valence-electron chi connectivity index (χ1n) is 6.06. The quantitative estimate of drug-likeness (QED) is 0.924. The van der Waals surface area contributed by atoms with Crippen molar-refractivity contribution in [2.24, 2.45) is 0 Å². The average Bonchev–Trinajstić information content (AvgIpc) is 2.81. The summed E-state index contributed by atoms with van der Waals surface area (Å²) < 4.78 is 61.6. The number of alkyl halides is 3. The predicted octanol–water partition coefficient (Wildman–Crippen LogP) is 1.86. The van der Waals surface area contributed by atoms with Gasteiger partial charge in [0.05, 0.1) is 11.3 Å². The first-order chi connectivity index (χ1) is 9.20. The highest BCUT2D eigenvalue weighted by Crippen LogP contribution is 2.24. The normalized spacial score (nSPS) is 15.7. The van der Waals surface area contributed by atoms with E-state index in [0.29, 0.717) is 13.1 Å². The molecule has 0 spiro atoms. The number of nitrogens with zero attached hydrogens (tertiary/aromatic N) is 1. The lowest BCUT2D eigenvalue weighted by molar-refractivity contribution is -0.135. The van der Waals surface area contributed by atoms with Crippen molar-refractivity contribution >= 4 is 10.0 Å². The fraction of sp³-hybridized carbons (Fsp3) is 0.500. The molecule has 112 valence electrons. The summed E-state index contributed by atoms with van der Waals surface area (Å²) in [5.41, 5.74) is 1.89. The van der Waals surface area contributed by atoms with Crippen LogP contribution in [0.1, 0.15) is 17.5 Å². The van der Waals surface area contributed by atoms with E-state index >= 15 is 0 Å². The fourth-order valence-corrected chi connectivity index (χ4v) is 3.24. The van der Waals surface area contributed by atoms with Crippen molar-refractivity contribution in [1.82, 2.24) is 9.62 Å². The zero-order valence-corrected chi connectivity index (χ0v) is 11.7. The Morgan fingerprint density at radius 3 is 2.55 bits per heavy atom. The Labute approximate surface area is 115 Å². The van der Waals surface area contributed by atoms with Gasteiger partial charge < -0.3 is 5.32 Å². The van der Waals surface area contributed by atoms with Crippen LogP contribution in [0.2, 0.25) is 0 Å². The van der Waals surface area contributed by atoms with Crippen LogP contribution < -0.4 is 5.32 Å². The van der Waals surface area contributed by atoms with Gasteiger partial charge in [-0.15, -0.1) is 0 Å². The number of hydrogen-bond acceptors (Lipinski definition) is 3. The van der Waals surface area contributed by atoms with Crippen molar-refractivity contribution in [3.05, 3.63) is 29.3 Å². The molecule has 0 aliphatic carbocycles. The van der Waals surface area contributed by atoms with Crippen LogP contribution in [0.15, 0.2) is 23.1 Å². The Balaban J connectivity index is 2.17. The van der Waals surface area contributed by atoms with Crippen molar-refractivity contribution in [2.45, 2.75) is 30.6 Å². The molecule has 0 saturated carbocycles. The molecule has 0 saturated heterocycles. The van der Waals surface area contributed by atoms with Gasteiger partial charge in [-0.3, -0.25) is 0 Å². The number of nitrogens with one attached hydrogen (secondary N) is 1. The van der Waals surface area contributed by atoms with Gasteiger partial charge in [-0.05, 0) is 23.3 Å². The molecule has 1 heterocycles. The Kier molecular flexibility index (Phi) is 4.08. The Morgan fingerprint density at radius 1 is 1.25 bits per heavy atom. The minimum atomic E-state index is -4.37. The van der Waals surface area contributed by atoms with E-state index < -0.39 is 29.2 Å². The van der Waals surface area contributed by atoms with E-state index in [0.717, 1.165) is 22.5 Å². The van der Waals surface area contributed by atoms with E-state index in [4.69, 9.17) is 0 Å². The van der Waals surface area contributed by atoms with Crippen LogP contribution in [0.3, 0.4) is 0 Å². The van der Waals surface area contributed by atoms with Crippen LogP contribution in [0.25, 0.3) is 0 Å². The molecular weight excluding hydrogens is 293 g/mol. The molecule has 0 atom stereocenters. The largest absolute Gasteiger partial charge is 0.390 e. The first-order valence-corrected chi connectivity index (χ1v) is 7.50. The summed E-state index contributed by atoms with van der Waals surface area (Å²) in [4.78, 5) is 0.0321. The van der Waals surface area contributed by atoms with E-state index in [9.17, 15) is 21.6 Å². The molecule has 0 fully saturated rings. The molecule has 1 aromatic carbocycles. The molecule has 1 aliphatic rings. The Morgan fingerprint density at radius 2 is 1.90 bits per heavy atom. The second kappa shape index (κ2) is 5.34. The van der Waals surface area contributed by atoms with Crippen molar-refractivity contribution in [1.29, 1.82) is 0 Å². The van der Waals surface area contributed by atoms with E-state index in [1.165, 1.54) is 12.1 Å². The number of sulfonamides is 1. The molecule has 20 heavy (non-hydrogen) atoms. The molecule has 0 aromatic heterocycles. The molecule has 4 nitrogen and oxygen atoms in total. The van der Waals surface area contributed by atoms with Gasteiger partial charge in [0, 0.05) is 26.7 Å². The topological polar surface area (TPSA) is 49.4 Å². The third-order valence-electron chi connectivity index (χ3n) is 3.23. The van der Waals surface area contributed by atoms with Crippen molar-refractivity contribution in [3.63, 3.8) is 0 Å². The maximum atomic E-state index is 12.2. The molecule has 0 unspecified atom stereocenters. The van der Waals surface area contributed by atoms with Crippen molar-refractivity contribution < 1.29 is 21.6 Å². The van der Waals surface area contributed by atoms with Gasteiger partial charge in [-0.25, -0.2) is 12.7 Å². The highest BCUT2D eigenvalue weighted by Gasteiger charge is 2.30. The lowest BCUT2D eigenvalue weighted by atomic mass is 10.1. The summed E-state index contributed by atoms with van der Waals surface area (Å²) >= 11 is 0. The predicted molar refractivity (Wildman–Crippen MR) is 67.5 cm³/mol. The SMILES string of the molecule is CN(CCC(F)(F)F)S(=O)(=O)c1ccc2c(c1)CNC2. The second-order valence-electron chi connectivity index (χ2n) is 4.73. The highest BCUT2D eigenvalue weighted by atomic mass is 32.2. The van der Waals surface area contributed by atoms with Gasteiger partial charge in [0.2, 0.25) is 10.0 Å². The minimum absolute atomic E-state index is 0.0321. The maximum Gasteiger partial charge on any atom is 0.390 e. The molecule has 2 rings (SSSR count). The highest BCUT2D eigenvalue weighted by molar-refractivity contribution is 7.89. The summed E-state index contributed by atoms with van der Waals surface area (Å²) in [6.07, 6.45) is -5.53. The van der Waals surface area contributed by atoms with Crippen LogP contribution >= 0.6 is 0 Å². The van der Waals surface area contributed by atoms with Gasteiger partial charge in [0.25, 0.3) is 0 Å². The van der Waals surface area contributed by atoms with Gasteiger partial charge >= 0.3 is 6.18 Å². The molecular formula is C12H15F3N2O2S. The minimum Gasteiger partial charge on any atom is -0.309 e. The Bertz CT molecular complexity index is 599. The average molecular weight is 308 g/mol. The summed E-state index contributed by atoms with van der Waals surface area (Å²) in [6.45, 7) is 0.672. The lowest BCUT2D eigenvalue weighted by Gasteiger charge is -2.18. The van der Waals surface area contributed by atoms with Gasteiger partial charge in [-0.2, -0.15) is 13.2 Å². The maximum absolute atomic E-state index is 12.2. The molecule has 0 amide bonds.